The predicted octanol–water partition coefficient (Wildman–Crippen LogP) is -0.244. The monoisotopic (exact) mass is 276 g/mol. The third-order valence-electron chi connectivity index (χ3n) is 4.80. The fraction of sp³-hybridized carbons (Fsp3) is 0.786. The molecule has 1 saturated carbocycles. The number of nitriles is 1. The second-order valence-corrected chi connectivity index (χ2v) is 6.11. The zero-order chi connectivity index (χ0) is 14.3. The molecule has 2 N–H and O–H groups in total. The first kappa shape index (κ1) is 13.4. The van der Waals surface area contributed by atoms with Crippen LogP contribution in [0.2, 0.25) is 0 Å². The number of piperidine rings is 1. The predicted molar refractivity (Wildman–Crippen MR) is 71.4 cm³/mol. The summed E-state index contributed by atoms with van der Waals surface area (Å²) >= 11 is 0. The lowest BCUT2D eigenvalue weighted by Crippen LogP contribution is -2.56. The molecule has 0 aromatic rings. The fourth-order valence-electron chi connectivity index (χ4n) is 3.94. The lowest BCUT2D eigenvalue weighted by molar-refractivity contribution is -0.134. The van der Waals surface area contributed by atoms with Crippen molar-refractivity contribution in [3.05, 3.63) is 0 Å². The maximum atomic E-state index is 12.6. The number of hydrogen-bond donors (Lipinski definition) is 2. The van der Waals surface area contributed by atoms with Crippen LogP contribution in [0.4, 0.5) is 0 Å². The second-order valence-electron chi connectivity index (χ2n) is 6.11. The summed E-state index contributed by atoms with van der Waals surface area (Å²) in [4.78, 5) is 25.4. The van der Waals surface area contributed by atoms with Crippen molar-refractivity contribution in [2.45, 2.75) is 56.8 Å². The maximum absolute atomic E-state index is 12.6. The minimum absolute atomic E-state index is 0.0173. The van der Waals surface area contributed by atoms with Gasteiger partial charge in [0.05, 0.1) is 12.1 Å². The van der Waals surface area contributed by atoms with Gasteiger partial charge < -0.3 is 15.5 Å². The van der Waals surface area contributed by atoms with Gasteiger partial charge in [-0.3, -0.25) is 9.59 Å². The number of rotatable bonds is 2. The van der Waals surface area contributed by atoms with E-state index in [-0.39, 0.29) is 41.9 Å². The van der Waals surface area contributed by atoms with Crippen LogP contribution in [0.1, 0.15) is 32.6 Å². The molecule has 0 aromatic heterocycles. The molecule has 0 aromatic carbocycles. The molecule has 6 nitrogen and oxygen atoms in total. The van der Waals surface area contributed by atoms with E-state index in [9.17, 15) is 9.59 Å². The van der Waals surface area contributed by atoms with Crippen LogP contribution in [-0.4, -0.2) is 47.4 Å². The zero-order valence-corrected chi connectivity index (χ0v) is 11.6. The van der Waals surface area contributed by atoms with Gasteiger partial charge in [0.25, 0.3) is 0 Å². The smallest absolute Gasteiger partial charge is 0.241 e. The highest BCUT2D eigenvalue weighted by atomic mass is 16.2. The molecule has 2 heterocycles. The van der Waals surface area contributed by atoms with E-state index in [0.717, 1.165) is 25.7 Å². The Balaban J connectivity index is 1.63. The number of nitrogens with one attached hydrogen (secondary N) is 2. The summed E-state index contributed by atoms with van der Waals surface area (Å²) in [6.45, 7) is 2.22. The van der Waals surface area contributed by atoms with Gasteiger partial charge in [-0.1, -0.05) is 0 Å². The number of nitrogens with zero attached hydrogens (tertiary/aromatic N) is 2. The van der Waals surface area contributed by atoms with Gasteiger partial charge in [-0.25, -0.2) is 0 Å². The molecule has 108 valence electrons. The molecule has 3 fully saturated rings. The Morgan fingerprint density at radius 1 is 1.40 bits per heavy atom. The topological polar surface area (TPSA) is 85.2 Å². The molecule has 20 heavy (non-hydrogen) atoms. The third kappa shape index (κ3) is 2.16. The molecule has 5 atom stereocenters. The Bertz CT molecular complexity index is 472. The summed E-state index contributed by atoms with van der Waals surface area (Å²) < 4.78 is 0. The molecular weight excluding hydrogens is 256 g/mol. The Kier molecular flexibility index (Phi) is 3.38. The molecule has 2 bridgehead atoms. The van der Waals surface area contributed by atoms with Crippen LogP contribution >= 0.6 is 0 Å². The molecule has 0 radical (unpaired) electrons. The average Bonchev–Trinajstić information content (AvgIpc) is 3.11. The van der Waals surface area contributed by atoms with E-state index in [0.29, 0.717) is 6.54 Å². The van der Waals surface area contributed by atoms with Crippen LogP contribution in [0.25, 0.3) is 0 Å². The molecule has 2 aliphatic heterocycles. The Morgan fingerprint density at radius 2 is 2.20 bits per heavy atom. The lowest BCUT2D eigenvalue weighted by Gasteiger charge is -2.32. The van der Waals surface area contributed by atoms with E-state index >= 15 is 0 Å². The van der Waals surface area contributed by atoms with E-state index in [2.05, 4.69) is 16.7 Å². The van der Waals surface area contributed by atoms with Crippen molar-refractivity contribution in [2.75, 3.05) is 6.54 Å². The van der Waals surface area contributed by atoms with Gasteiger partial charge in [0, 0.05) is 25.6 Å². The van der Waals surface area contributed by atoms with Gasteiger partial charge in [0.1, 0.15) is 6.04 Å². The van der Waals surface area contributed by atoms with Gasteiger partial charge in [-0.15, -0.1) is 0 Å². The van der Waals surface area contributed by atoms with E-state index < -0.39 is 0 Å². The molecule has 0 spiro atoms. The summed E-state index contributed by atoms with van der Waals surface area (Å²) in [5, 5.41) is 15.4. The quantitative estimate of drug-likeness (QED) is 0.728. The number of carbonyl (C=O) groups excluding carboxylic acids is 2. The zero-order valence-electron chi connectivity index (χ0n) is 11.6. The van der Waals surface area contributed by atoms with Crippen LogP contribution in [0.5, 0.6) is 0 Å². The summed E-state index contributed by atoms with van der Waals surface area (Å²) in [6.07, 6.45) is 3.50. The molecule has 1 aliphatic carbocycles. The normalized spacial score (nSPS) is 38.8. The van der Waals surface area contributed by atoms with Crippen molar-refractivity contribution in [1.82, 2.24) is 15.5 Å². The second kappa shape index (κ2) is 5.06. The molecule has 0 unspecified atom stereocenters. The van der Waals surface area contributed by atoms with Gasteiger partial charge in [0.2, 0.25) is 11.8 Å². The highest BCUT2D eigenvalue weighted by Crippen LogP contribution is 2.37. The van der Waals surface area contributed by atoms with Crippen LogP contribution in [-0.2, 0) is 9.59 Å². The lowest BCUT2D eigenvalue weighted by atomic mass is 9.96. The first-order valence-electron chi connectivity index (χ1n) is 7.33. The van der Waals surface area contributed by atoms with Crippen molar-refractivity contribution < 1.29 is 9.59 Å². The summed E-state index contributed by atoms with van der Waals surface area (Å²) in [7, 11) is 0. The van der Waals surface area contributed by atoms with E-state index in [1.807, 2.05) is 0 Å². The van der Waals surface area contributed by atoms with Gasteiger partial charge in [-0.2, -0.15) is 5.26 Å². The van der Waals surface area contributed by atoms with Crippen molar-refractivity contribution in [1.29, 1.82) is 5.26 Å². The SMILES string of the molecule is CC(=O)N[C@@H]1C[C@H]2C[C@@H]1N[C@@H]2C(=O)N1CCC[C@H]1C#N. The van der Waals surface area contributed by atoms with E-state index in [4.69, 9.17) is 5.26 Å². The first-order valence-corrected chi connectivity index (χ1v) is 7.33. The molecule has 2 amide bonds. The van der Waals surface area contributed by atoms with Crippen LogP contribution in [0.3, 0.4) is 0 Å². The van der Waals surface area contributed by atoms with Gasteiger partial charge >= 0.3 is 0 Å². The summed E-state index contributed by atoms with van der Waals surface area (Å²) in [5.74, 6) is 0.337. The summed E-state index contributed by atoms with van der Waals surface area (Å²) in [6, 6.07) is 2.14. The van der Waals surface area contributed by atoms with E-state index in [1.165, 1.54) is 6.92 Å². The Labute approximate surface area is 118 Å². The van der Waals surface area contributed by atoms with Crippen molar-refractivity contribution in [3.8, 4) is 6.07 Å². The summed E-state index contributed by atoms with van der Waals surface area (Å²) in [5.41, 5.74) is 0. The van der Waals surface area contributed by atoms with Crippen molar-refractivity contribution in [2.24, 2.45) is 5.92 Å². The number of carbonyl (C=O) groups is 2. The third-order valence-corrected chi connectivity index (χ3v) is 4.80. The van der Waals surface area contributed by atoms with E-state index in [1.54, 1.807) is 4.90 Å². The number of likely N-dealkylation sites (tertiary alicyclic amines) is 1. The fourth-order valence-corrected chi connectivity index (χ4v) is 3.94. The molecule has 3 rings (SSSR count). The van der Waals surface area contributed by atoms with Crippen molar-refractivity contribution in [3.63, 3.8) is 0 Å². The minimum Gasteiger partial charge on any atom is -0.352 e. The van der Waals surface area contributed by atoms with Crippen molar-refractivity contribution >= 4 is 11.8 Å². The Morgan fingerprint density at radius 3 is 2.80 bits per heavy atom. The highest BCUT2D eigenvalue weighted by molar-refractivity contribution is 5.84. The maximum Gasteiger partial charge on any atom is 0.241 e. The molecule has 6 heteroatoms. The van der Waals surface area contributed by atoms with Crippen LogP contribution in [0.15, 0.2) is 0 Å². The van der Waals surface area contributed by atoms with Crippen LogP contribution in [0, 0.1) is 17.2 Å². The molecule has 2 saturated heterocycles. The number of fused-ring (bicyclic) bond motifs is 2. The molecular formula is C14H20N4O2. The minimum atomic E-state index is -0.255. The number of hydrogen-bond acceptors (Lipinski definition) is 4. The van der Waals surface area contributed by atoms with Gasteiger partial charge in [0.15, 0.2) is 0 Å². The molecule has 3 aliphatic rings. The van der Waals surface area contributed by atoms with Crippen LogP contribution < -0.4 is 10.6 Å². The first-order chi connectivity index (χ1) is 9.60. The largest absolute Gasteiger partial charge is 0.352 e. The Hall–Kier alpha value is -1.61. The van der Waals surface area contributed by atoms with Gasteiger partial charge in [-0.05, 0) is 31.6 Å². The standard InChI is InChI=1S/C14H20N4O2/c1-8(19)16-11-5-9-6-12(11)17-13(9)14(20)18-4-2-3-10(18)7-15/h9-13,17H,2-6H2,1H3,(H,16,19)/t9-,10-,11+,12-,13-/m0/s1. The number of amides is 2. The average molecular weight is 276 g/mol. The highest BCUT2D eigenvalue weighted by Gasteiger charge is 2.50.